The van der Waals surface area contributed by atoms with Gasteiger partial charge in [0, 0.05) is 11.3 Å². The molecule has 0 aliphatic carbocycles. The van der Waals surface area contributed by atoms with Crippen LogP contribution >= 0.6 is 11.6 Å². The van der Waals surface area contributed by atoms with Crippen molar-refractivity contribution in [1.82, 2.24) is 0 Å². The summed E-state index contributed by atoms with van der Waals surface area (Å²) in [6.07, 6.45) is -4.72. The zero-order valence-corrected chi connectivity index (χ0v) is 13.8. The first-order chi connectivity index (χ1) is 11.0. The van der Waals surface area contributed by atoms with E-state index in [1.54, 1.807) is 0 Å². The number of nitrogens with one attached hydrogen (secondary N) is 1. The SMILES string of the molecule is CC(=O)c1cccc(S(=O)(=O)Nc2ccc(Cl)c(C(F)(F)F)c2)c1. The van der Waals surface area contributed by atoms with Crippen molar-refractivity contribution in [2.24, 2.45) is 0 Å². The Kier molecular flexibility index (Phi) is 4.91. The van der Waals surface area contributed by atoms with Crippen molar-refractivity contribution in [3.8, 4) is 0 Å². The molecule has 128 valence electrons. The smallest absolute Gasteiger partial charge is 0.295 e. The molecule has 0 saturated heterocycles. The molecule has 9 heteroatoms. The molecule has 0 amide bonds. The summed E-state index contributed by atoms with van der Waals surface area (Å²) in [4.78, 5) is 11.1. The molecule has 24 heavy (non-hydrogen) atoms. The molecule has 0 spiro atoms. The third-order valence-corrected chi connectivity index (χ3v) is 4.78. The van der Waals surface area contributed by atoms with E-state index in [9.17, 15) is 26.4 Å². The van der Waals surface area contributed by atoms with Crippen molar-refractivity contribution in [2.45, 2.75) is 18.0 Å². The minimum atomic E-state index is -4.72. The molecular weight excluding hydrogens is 367 g/mol. The van der Waals surface area contributed by atoms with Crippen molar-refractivity contribution >= 4 is 33.1 Å². The Balaban J connectivity index is 2.40. The minimum Gasteiger partial charge on any atom is -0.295 e. The summed E-state index contributed by atoms with van der Waals surface area (Å²) in [5.41, 5.74) is -1.27. The highest BCUT2D eigenvalue weighted by Crippen LogP contribution is 2.36. The highest BCUT2D eigenvalue weighted by molar-refractivity contribution is 7.92. The molecule has 0 aromatic heterocycles. The number of Topliss-reactive ketones (excluding diaryl/α,β-unsaturated/α-hetero) is 1. The molecule has 0 aliphatic rings. The fourth-order valence-electron chi connectivity index (χ4n) is 1.90. The van der Waals surface area contributed by atoms with E-state index in [-0.39, 0.29) is 21.9 Å². The Labute approximate surface area is 141 Å². The van der Waals surface area contributed by atoms with Crippen molar-refractivity contribution < 1.29 is 26.4 Å². The maximum absolute atomic E-state index is 12.8. The van der Waals surface area contributed by atoms with Crippen LogP contribution in [0.4, 0.5) is 18.9 Å². The van der Waals surface area contributed by atoms with E-state index in [0.29, 0.717) is 6.07 Å². The number of carbonyl (C=O) groups is 1. The Morgan fingerprint density at radius 2 is 1.79 bits per heavy atom. The second-order valence-corrected chi connectivity index (χ2v) is 6.97. The van der Waals surface area contributed by atoms with Gasteiger partial charge in [0.05, 0.1) is 15.5 Å². The average molecular weight is 378 g/mol. The van der Waals surface area contributed by atoms with Crippen LogP contribution in [0, 0.1) is 0 Å². The van der Waals surface area contributed by atoms with Gasteiger partial charge >= 0.3 is 6.18 Å². The molecule has 2 aromatic rings. The summed E-state index contributed by atoms with van der Waals surface area (Å²) in [7, 11) is -4.16. The lowest BCUT2D eigenvalue weighted by Crippen LogP contribution is -2.14. The van der Waals surface area contributed by atoms with E-state index in [0.717, 1.165) is 18.2 Å². The lowest BCUT2D eigenvalue weighted by molar-refractivity contribution is -0.137. The van der Waals surface area contributed by atoms with E-state index in [1.165, 1.54) is 25.1 Å². The van der Waals surface area contributed by atoms with E-state index >= 15 is 0 Å². The Morgan fingerprint density at radius 3 is 2.38 bits per heavy atom. The van der Waals surface area contributed by atoms with Gasteiger partial charge in [-0.3, -0.25) is 9.52 Å². The zero-order valence-electron chi connectivity index (χ0n) is 12.2. The molecule has 1 N–H and O–H groups in total. The summed E-state index contributed by atoms with van der Waals surface area (Å²) >= 11 is 5.49. The van der Waals surface area contributed by atoms with Gasteiger partial charge in [-0.2, -0.15) is 13.2 Å². The molecule has 0 heterocycles. The van der Waals surface area contributed by atoms with Gasteiger partial charge in [-0.1, -0.05) is 23.7 Å². The molecule has 2 aromatic carbocycles. The van der Waals surface area contributed by atoms with E-state index in [1.807, 2.05) is 4.72 Å². The predicted molar refractivity (Wildman–Crippen MR) is 83.7 cm³/mol. The van der Waals surface area contributed by atoms with E-state index < -0.39 is 26.8 Å². The van der Waals surface area contributed by atoms with Crippen LogP contribution in [0.25, 0.3) is 0 Å². The van der Waals surface area contributed by atoms with Crippen LogP contribution in [0.3, 0.4) is 0 Å². The van der Waals surface area contributed by atoms with Crippen molar-refractivity contribution in [3.05, 3.63) is 58.6 Å². The van der Waals surface area contributed by atoms with Crippen LogP contribution in [0.1, 0.15) is 22.8 Å². The number of sulfonamides is 1. The number of rotatable bonds is 4. The van der Waals surface area contributed by atoms with E-state index in [4.69, 9.17) is 11.6 Å². The summed E-state index contributed by atoms with van der Waals surface area (Å²) in [6, 6.07) is 7.85. The first-order valence-corrected chi connectivity index (χ1v) is 8.37. The molecule has 0 saturated carbocycles. The number of benzene rings is 2. The normalized spacial score (nSPS) is 12.0. The van der Waals surface area contributed by atoms with Crippen molar-refractivity contribution in [1.29, 1.82) is 0 Å². The highest BCUT2D eigenvalue weighted by Gasteiger charge is 2.33. The maximum atomic E-state index is 12.8. The number of hydrogen-bond donors (Lipinski definition) is 1. The van der Waals surface area contributed by atoms with Crippen LogP contribution < -0.4 is 4.72 Å². The van der Waals surface area contributed by atoms with Crippen molar-refractivity contribution in [2.75, 3.05) is 4.72 Å². The third kappa shape index (κ3) is 4.07. The largest absolute Gasteiger partial charge is 0.417 e. The van der Waals surface area contributed by atoms with E-state index in [2.05, 4.69) is 0 Å². The maximum Gasteiger partial charge on any atom is 0.417 e. The van der Waals surface area contributed by atoms with Crippen LogP contribution in [-0.2, 0) is 16.2 Å². The van der Waals surface area contributed by atoms with Crippen LogP contribution in [-0.4, -0.2) is 14.2 Å². The standard InChI is InChI=1S/C15H11ClF3NO3S/c1-9(21)10-3-2-4-12(7-10)24(22,23)20-11-5-6-14(16)13(8-11)15(17,18)19/h2-8,20H,1H3. The van der Waals surface area contributed by atoms with Gasteiger partial charge in [0.1, 0.15) is 0 Å². The molecule has 0 atom stereocenters. The molecule has 0 unspecified atom stereocenters. The second kappa shape index (κ2) is 6.45. The third-order valence-electron chi connectivity index (χ3n) is 3.07. The topological polar surface area (TPSA) is 63.2 Å². The molecule has 0 fully saturated rings. The Bertz CT molecular complexity index is 895. The summed E-state index contributed by atoms with van der Waals surface area (Å²) in [5.74, 6) is -0.335. The molecule has 0 bridgehead atoms. The van der Waals surface area contributed by atoms with Gasteiger partial charge in [-0.15, -0.1) is 0 Å². The van der Waals surface area contributed by atoms with Gasteiger partial charge in [0.25, 0.3) is 10.0 Å². The van der Waals surface area contributed by atoms with Gasteiger partial charge in [0.15, 0.2) is 5.78 Å². The molecule has 2 rings (SSSR count). The van der Waals surface area contributed by atoms with Crippen LogP contribution in [0.15, 0.2) is 47.4 Å². The van der Waals surface area contributed by atoms with Gasteiger partial charge in [-0.25, -0.2) is 8.42 Å². The van der Waals surface area contributed by atoms with Gasteiger partial charge in [0.2, 0.25) is 0 Å². The summed E-state index contributed by atoms with van der Waals surface area (Å²) < 4.78 is 65.1. The lowest BCUT2D eigenvalue weighted by Gasteiger charge is -2.13. The Hall–Kier alpha value is -2.06. The fourth-order valence-corrected chi connectivity index (χ4v) is 3.22. The number of hydrogen-bond acceptors (Lipinski definition) is 3. The number of carbonyl (C=O) groups excluding carboxylic acids is 1. The lowest BCUT2D eigenvalue weighted by atomic mass is 10.2. The van der Waals surface area contributed by atoms with Gasteiger partial charge in [-0.05, 0) is 37.3 Å². The Morgan fingerprint density at radius 1 is 1.12 bits per heavy atom. The quantitative estimate of drug-likeness (QED) is 0.805. The van der Waals surface area contributed by atoms with Gasteiger partial charge < -0.3 is 0 Å². The van der Waals surface area contributed by atoms with Crippen molar-refractivity contribution in [3.63, 3.8) is 0 Å². The number of alkyl halides is 3. The number of halogens is 4. The number of ketones is 1. The zero-order chi connectivity index (χ0) is 18.1. The monoisotopic (exact) mass is 377 g/mol. The molecular formula is C15H11ClF3NO3S. The molecule has 0 radical (unpaired) electrons. The number of anilines is 1. The fraction of sp³-hybridized carbons (Fsp3) is 0.133. The average Bonchev–Trinajstić information content (AvgIpc) is 2.48. The summed E-state index contributed by atoms with van der Waals surface area (Å²) in [5, 5.41) is -0.538. The van der Waals surface area contributed by atoms with Crippen LogP contribution in [0.2, 0.25) is 5.02 Å². The predicted octanol–water partition coefficient (Wildman–Crippen LogP) is 4.36. The first kappa shape index (κ1) is 18.3. The molecule has 0 aliphatic heterocycles. The summed E-state index contributed by atoms with van der Waals surface area (Å²) in [6.45, 7) is 1.27. The second-order valence-electron chi connectivity index (χ2n) is 4.88. The first-order valence-electron chi connectivity index (χ1n) is 6.51. The molecule has 4 nitrogen and oxygen atoms in total. The van der Waals surface area contributed by atoms with Crippen LogP contribution in [0.5, 0.6) is 0 Å². The highest BCUT2D eigenvalue weighted by atomic mass is 35.5. The minimum absolute atomic E-state index is 0.171.